The predicted molar refractivity (Wildman–Crippen MR) is 59.7 cm³/mol. The number of rotatable bonds is 4. The molecule has 0 aromatic carbocycles. The van der Waals surface area contributed by atoms with E-state index in [9.17, 15) is 13.2 Å². The van der Waals surface area contributed by atoms with Crippen molar-refractivity contribution in [2.24, 2.45) is 4.40 Å². The lowest BCUT2D eigenvalue weighted by Gasteiger charge is -2.04. The number of hydrogen-bond acceptors (Lipinski definition) is 4. The second-order valence-corrected chi connectivity index (χ2v) is 6.36. The minimum Gasteiger partial charge on any atom is -0.477 e. The fourth-order valence-corrected chi connectivity index (χ4v) is 2.89. The molecule has 0 aromatic heterocycles. The zero-order valence-electron chi connectivity index (χ0n) is 8.30. The Bertz CT molecular complexity index is 434. The molecule has 0 radical (unpaired) electrons. The number of carboxylic acids is 1. The van der Waals surface area contributed by atoms with E-state index in [0.717, 1.165) is 6.21 Å². The van der Waals surface area contributed by atoms with Crippen molar-refractivity contribution < 1.29 is 18.3 Å². The van der Waals surface area contributed by atoms with E-state index in [2.05, 4.69) is 4.40 Å². The summed E-state index contributed by atoms with van der Waals surface area (Å²) >= 11 is 1.47. The highest BCUT2D eigenvalue weighted by atomic mass is 32.2. The van der Waals surface area contributed by atoms with Gasteiger partial charge in [-0.3, -0.25) is 0 Å². The van der Waals surface area contributed by atoms with Crippen LogP contribution in [-0.4, -0.2) is 36.7 Å². The molecule has 0 atom stereocenters. The molecule has 1 N–H and O–H groups in total. The van der Waals surface area contributed by atoms with Gasteiger partial charge in [-0.15, -0.1) is 0 Å². The molecular formula is C8H11NO4S2. The van der Waals surface area contributed by atoms with E-state index in [0.29, 0.717) is 11.0 Å². The highest BCUT2D eigenvalue weighted by Gasteiger charge is 2.31. The van der Waals surface area contributed by atoms with E-state index in [1.807, 2.05) is 13.8 Å². The van der Waals surface area contributed by atoms with E-state index >= 15 is 0 Å². The van der Waals surface area contributed by atoms with Crippen LogP contribution in [0, 0.1) is 0 Å². The second kappa shape index (κ2) is 4.36. The van der Waals surface area contributed by atoms with Crippen molar-refractivity contribution >= 4 is 34.0 Å². The molecule has 0 bridgehead atoms. The quantitative estimate of drug-likeness (QED) is 0.799. The molecule has 1 heterocycles. The number of carboxylic acid groups (broad SMARTS) is 1. The summed E-state index contributed by atoms with van der Waals surface area (Å²) in [5, 5.41) is 9.07. The summed E-state index contributed by atoms with van der Waals surface area (Å²) in [6.07, 6.45) is 1.12. The molecule has 0 amide bonds. The molecule has 0 saturated heterocycles. The number of thioether (sulfide) groups is 1. The maximum atomic E-state index is 11.2. The van der Waals surface area contributed by atoms with Gasteiger partial charge in [0.05, 0.1) is 0 Å². The maximum absolute atomic E-state index is 11.2. The zero-order chi connectivity index (χ0) is 11.6. The Balaban J connectivity index is 2.98. The van der Waals surface area contributed by atoms with Crippen LogP contribution in [0.3, 0.4) is 0 Å². The number of nitrogens with zero attached hydrogens (tertiary/aromatic N) is 1. The van der Waals surface area contributed by atoms with Crippen LogP contribution < -0.4 is 0 Å². The minimum atomic E-state index is -3.95. The summed E-state index contributed by atoms with van der Waals surface area (Å²) in [7, 11) is -3.95. The Morgan fingerprint density at radius 3 is 2.67 bits per heavy atom. The van der Waals surface area contributed by atoms with Gasteiger partial charge < -0.3 is 5.11 Å². The lowest BCUT2D eigenvalue weighted by molar-refractivity contribution is -0.131. The standard InChI is InChI=1S/C8H11NO4S2/c1-5(2)14-4-6-3-9-15(12,13)7(6)8(10)11/h3,5H,4H2,1-2H3,(H,10,11). The molecule has 0 saturated carbocycles. The Morgan fingerprint density at radius 2 is 2.20 bits per heavy atom. The van der Waals surface area contributed by atoms with Crippen LogP contribution >= 0.6 is 11.8 Å². The molecule has 0 fully saturated rings. The molecule has 0 aromatic rings. The Labute approximate surface area is 92.3 Å². The van der Waals surface area contributed by atoms with Crippen LogP contribution in [0.1, 0.15) is 13.8 Å². The van der Waals surface area contributed by atoms with Gasteiger partial charge >= 0.3 is 5.97 Å². The lowest BCUT2D eigenvalue weighted by atomic mass is 10.3. The maximum Gasteiger partial charge on any atom is 0.349 e. The van der Waals surface area contributed by atoms with Crippen molar-refractivity contribution in [2.45, 2.75) is 19.1 Å². The van der Waals surface area contributed by atoms with Crippen LogP contribution in [0.25, 0.3) is 0 Å². The molecule has 0 spiro atoms. The fraction of sp³-hybridized carbons (Fsp3) is 0.500. The third-order valence-corrected chi connectivity index (χ3v) is 4.14. The van der Waals surface area contributed by atoms with Gasteiger partial charge in [-0.1, -0.05) is 13.8 Å². The Hall–Kier alpha value is -0.820. The molecule has 0 aliphatic carbocycles. The monoisotopic (exact) mass is 249 g/mol. The van der Waals surface area contributed by atoms with Crippen molar-refractivity contribution in [3.05, 3.63) is 10.5 Å². The Kier molecular flexibility index (Phi) is 3.56. The number of aliphatic carboxylic acids is 1. The van der Waals surface area contributed by atoms with Gasteiger partial charge in [-0.25, -0.2) is 4.79 Å². The third-order valence-electron chi connectivity index (χ3n) is 1.66. The van der Waals surface area contributed by atoms with Gasteiger partial charge in [0.1, 0.15) is 0 Å². The van der Waals surface area contributed by atoms with Gasteiger partial charge in [0.2, 0.25) is 0 Å². The minimum absolute atomic E-state index is 0.265. The van der Waals surface area contributed by atoms with Gasteiger partial charge in [-0.2, -0.15) is 24.6 Å². The molecule has 5 nitrogen and oxygen atoms in total. The lowest BCUT2D eigenvalue weighted by Crippen LogP contribution is -2.10. The largest absolute Gasteiger partial charge is 0.477 e. The third kappa shape index (κ3) is 2.82. The zero-order valence-corrected chi connectivity index (χ0v) is 9.93. The summed E-state index contributed by atoms with van der Waals surface area (Å²) in [6, 6.07) is 0. The van der Waals surface area contributed by atoms with Crippen molar-refractivity contribution in [3.8, 4) is 0 Å². The summed E-state index contributed by atoms with van der Waals surface area (Å²) in [5.41, 5.74) is 0.265. The van der Waals surface area contributed by atoms with E-state index in [4.69, 9.17) is 5.11 Å². The van der Waals surface area contributed by atoms with Gasteiger partial charge in [0, 0.05) is 17.5 Å². The SMILES string of the molecule is CC(C)SCC1=C(C(=O)O)S(=O)(=O)N=C1. The normalized spacial score (nSPS) is 18.9. The molecule has 1 rings (SSSR count). The average Bonchev–Trinajstić information content (AvgIpc) is 2.37. The highest BCUT2D eigenvalue weighted by Crippen LogP contribution is 2.24. The van der Waals surface area contributed by atoms with Crippen molar-refractivity contribution in [2.75, 3.05) is 5.75 Å². The molecule has 84 valence electrons. The second-order valence-electron chi connectivity index (χ2n) is 3.23. The van der Waals surface area contributed by atoms with Gasteiger partial charge in [0.25, 0.3) is 10.0 Å². The summed E-state index contributed by atoms with van der Waals surface area (Å²) in [4.78, 5) is 10.2. The Morgan fingerprint density at radius 1 is 1.60 bits per heavy atom. The number of hydrogen-bond donors (Lipinski definition) is 1. The first-order valence-corrected chi connectivity index (χ1v) is 6.72. The van der Waals surface area contributed by atoms with E-state index in [1.54, 1.807) is 0 Å². The van der Waals surface area contributed by atoms with Crippen LogP contribution in [0.2, 0.25) is 0 Å². The van der Waals surface area contributed by atoms with Crippen LogP contribution in [-0.2, 0) is 14.8 Å². The van der Waals surface area contributed by atoms with E-state index in [1.165, 1.54) is 11.8 Å². The molecule has 1 aliphatic rings. The summed E-state index contributed by atoms with van der Waals surface area (Å²) in [5.74, 6) is -1.09. The molecular weight excluding hydrogens is 238 g/mol. The van der Waals surface area contributed by atoms with Crippen LogP contribution in [0.5, 0.6) is 0 Å². The average molecular weight is 249 g/mol. The first-order valence-electron chi connectivity index (χ1n) is 4.23. The number of carbonyl (C=O) groups is 1. The summed E-state index contributed by atoms with van der Waals surface area (Å²) in [6.45, 7) is 3.90. The van der Waals surface area contributed by atoms with Crippen molar-refractivity contribution in [1.82, 2.24) is 0 Å². The van der Waals surface area contributed by atoms with Crippen LogP contribution in [0.15, 0.2) is 14.9 Å². The summed E-state index contributed by atoms with van der Waals surface area (Å²) < 4.78 is 25.6. The topological polar surface area (TPSA) is 83.8 Å². The molecule has 7 heteroatoms. The van der Waals surface area contributed by atoms with Crippen LogP contribution in [0.4, 0.5) is 0 Å². The molecule has 0 unspecified atom stereocenters. The first kappa shape index (κ1) is 12.3. The molecule has 1 aliphatic heterocycles. The highest BCUT2D eigenvalue weighted by molar-refractivity contribution is 8.00. The first-order chi connectivity index (χ1) is 6.84. The van der Waals surface area contributed by atoms with E-state index < -0.39 is 20.9 Å². The molecule has 15 heavy (non-hydrogen) atoms. The van der Waals surface area contributed by atoms with Crippen molar-refractivity contribution in [3.63, 3.8) is 0 Å². The fourth-order valence-electron chi connectivity index (χ4n) is 1.02. The van der Waals surface area contributed by atoms with Gasteiger partial charge in [0.15, 0.2) is 4.91 Å². The van der Waals surface area contributed by atoms with Gasteiger partial charge in [-0.05, 0) is 5.25 Å². The van der Waals surface area contributed by atoms with E-state index in [-0.39, 0.29) is 5.57 Å². The predicted octanol–water partition coefficient (Wildman–Crippen LogP) is 0.881. The van der Waals surface area contributed by atoms with Crippen molar-refractivity contribution in [1.29, 1.82) is 0 Å². The number of sulfonamides is 1. The smallest absolute Gasteiger partial charge is 0.349 e.